The van der Waals surface area contributed by atoms with Gasteiger partial charge in [-0.25, -0.2) is 18.4 Å². The molecule has 1 N–H and O–H groups in total. The zero-order valence-corrected chi connectivity index (χ0v) is 25.7. The number of hydrogen-bond donors (Lipinski definition) is 1. The van der Waals surface area contributed by atoms with Crippen molar-refractivity contribution in [2.75, 3.05) is 32.2 Å². The molecule has 2 heterocycles. The zero-order valence-electron chi connectivity index (χ0n) is 24.8. The Morgan fingerprint density at radius 1 is 0.837 bits per heavy atom. The van der Waals surface area contributed by atoms with Crippen molar-refractivity contribution < 1.29 is 27.4 Å². The molecule has 0 aliphatic heterocycles. The van der Waals surface area contributed by atoms with Crippen LogP contribution in [0.15, 0.2) is 65.8 Å². The summed E-state index contributed by atoms with van der Waals surface area (Å²) >= 11 is 0. The van der Waals surface area contributed by atoms with Gasteiger partial charge >= 0.3 is 6.01 Å². The van der Waals surface area contributed by atoms with Crippen molar-refractivity contribution in [3.8, 4) is 46.6 Å². The summed E-state index contributed by atoms with van der Waals surface area (Å²) in [6.07, 6.45) is 1.23. The molecule has 0 aliphatic carbocycles. The number of hydrogen-bond acceptors (Lipinski definition) is 10. The van der Waals surface area contributed by atoms with Crippen LogP contribution in [-0.2, 0) is 15.4 Å². The van der Waals surface area contributed by atoms with Gasteiger partial charge in [-0.3, -0.25) is 4.72 Å². The summed E-state index contributed by atoms with van der Waals surface area (Å²) in [5, 5.41) is 0. The molecule has 0 saturated carbocycles. The number of methoxy groups -OCH3 is 2. The van der Waals surface area contributed by atoms with Crippen LogP contribution in [0, 0.1) is 18.8 Å². The van der Waals surface area contributed by atoms with E-state index in [0.29, 0.717) is 22.9 Å². The highest BCUT2D eigenvalue weighted by molar-refractivity contribution is 7.92. The van der Waals surface area contributed by atoms with Crippen LogP contribution < -0.4 is 23.7 Å². The van der Waals surface area contributed by atoms with E-state index in [1.165, 1.54) is 26.6 Å². The molecule has 0 aliphatic rings. The maximum atomic E-state index is 13.4. The summed E-state index contributed by atoms with van der Waals surface area (Å²) in [6.45, 7) is 8.08. The molecule has 12 heteroatoms. The van der Waals surface area contributed by atoms with Crippen LogP contribution in [0.25, 0.3) is 11.1 Å². The van der Waals surface area contributed by atoms with Crippen LogP contribution >= 0.6 is 0 Å². The SMILES string of the molecule is COc1cc(OC)nc(OCC#CCOc2ncnc(NS(=O)(=O)c3ccc(C(C)(C)C)cc3)c2-c2ccc(C)cc2)n1. The van der Waals surface area contributed by atoms with Crippen LogP contribution in [0.2, 0.25) is 0 Å². The lowest BCUT2D eigenvalue weighted by Gasteiger charge is -2.19. The first-order valence-corrected chi connectivity index (χ1v) is 14.7. The number of nitrogens with one attached hydrogen (secondary N) is 1. The van der Waals surface area contributed by atoms with Gasteiger partial charge in [-0.2, -0.15) is 9.97 Å². The fraction of sp³-hybridized carbons (Fsp3) is 0.290. The standard InChI is InChI=1S/C31H33N5O6S/c1-21-9-11-22(12-10-21)27-28(36-43(37,38)24-15-13-23(14-16-24)31(2,3)4)32-20-33-29(27)41-17-7-8-18-42-30-34-25(39-5)19-26(35-30)40-6/h9-16,19-20H,17-18H2,1-6H3,(H,32,33,36). The number of benzene rings is 2. The molecule has 4 aromatic rings. The van der Waals surface area contributed by atoms with Crippen LogP contribution in [0.5, 0.6) is 23.7 Å². The van der Waals surface area contributed by atoms with Gasteiger partial charge in [0.05, 0.1) is 30.7 Å². The first kappa shape index (κ1) is 31.1. The highest BCUT2D eigenvalue weighted by atomic mass is 32.2. The summed E-state index contributed by atoms with van der Waals surface area (Å²) < 4.78 is 50.9. The van der Waals surface area contributed by atoms with Crippen molar-refractivity contribution in [2.45, 2.75) is 38.0 Å². The van der Waals surface area contributed by atoms with Gasteiger partial charge in [0, 0.05) is 0 Å². The smallest absolute Gasteiger partial charge is 0.324 e. The van der Waals surface area contributed by atoms with Gasteiger partial charge in [-0.15, -0.1) is 0 Å². The van der Waals surface area contributed by atoms with Crippen LogP contribution in [-0.4, -0.2) is 55.8 Å². The van der Waals surface area contributed by atoms with Gasteiger partial charge < -0.3 is 18.9 Å². The maximum absolute atomic E-state index is 13.4. The van der Waals surface area contributed by atoms with Crippen molar-refractivity contribution in [3.05, 3.63) is 72.1 Å². The van der Waals surface area contributed by atoms with Crippen LogP contribution in [0.4, 0.5) is 5.82 Å². The Hall–Kier alpha value is -4.89. The molecule has 0 bridgehead atoms. The lowest BCUT2D eigenvalue weighted by atomic mass is 9.87. The molecule has 43 heavy (non-hydrogen) atoms. The molecule has 224 valence electrons. The van der Waals surface area contributed by atoms with Gasteiger partial charge in [-0.1, -0.05) is 74.6 Å². The van der Waals surface area contributed by atoms with E-state index in [9.17, 15) is 8.42 Å². The molecule has 0 saturated heterocycles. The monoisotopic (exact) mass is 603 g/mol. The number of ether oxygens (including phenoxy) is 4. The Kier molecular flexibility index (Phi) is 9.67. The van der Waals surface area contributed by atoms with E-state index in [1.54, 1.807) is 12.1 Å². The average Bonchev–Trinajstić information content (AvgIpc) is 2.99. The molecule has 0 radical (unpaired) electrons. The third-order valence-corrected chi connectivity index (χ3v) is 7.53. The summed E-state index contributed by atoms with van der Waals surface area (Å²) in [5.41, 5.74) is 2.99. The topological polar surface area (TPSA) is 135 Å². The third-order valence-electron chi connectivity index (χ3n) is 6.17. The van der Waals surface area contributed by atoms with Gasteiger partial charge in [-0.05, 0) is 35.6 Å². The molecule has 4 rings (SSSR count). The average molecular weight is 604 g/mol. The second-order valence-corrected chi connectivity index (χ2v) is 12.0. The van der Waals surface area contributed by atoms with E-state index < -0.39 is 10.0 Å². The number of rotatable bonds is 10. The molecular weight excluding hydrogens is 570 g/mol. The van der Waals surface area contributed by atoms with Crippen molar-refractivity contribution in [3.63, 3.8) is 0 Å². The first-order valence-electron chi connectivity index (χ1n) is 13.2. The summed E-state index contributed by atoms with van der Waals surface area (Å²) in [4.78, 5) is 16.8. The Labute approximate surface area is 251 Å². The molecule has 2 aromatic heterocycles. The Bertz CT molecular complexity index is 1700. The minimum absolute atomic E-state index is 0.0205. The number of aryl methyl sites for hydroxylation is 1. The largest absolute Gasteiger partial charge is 0.481 e. The normalized spacial score (nSPS) is 11.2. The lowest BCUT2D eigenvalue weighted by molar-refractivity contribution is 0.308. The molecule has 2 aromatic carbocycles. The molecule has 0 amide bonds. The predicted molar refractivity (Wildman–Crippen MR) is 162 cm³/mol. The highest BCUT2D eigenvalue weighted by Crippen LogP contribution is 2.35. The Balaban J connectivity index is 1.54. The molecule has 0 unspecified atom stereocenters. The quantitative estimate of drug-likeness (QED) is 0.251. The Morgan fingerprint density at radius 3 is 2.02 bits per heavy atom. The van der Waals surface area contributed by atoms with Crippen molar-refractivity contribution >= 4 is 15.8 Å². The van der Waals surface area contributed by atoms with Gasteiger partial charge in [0.25, 0.3) is 10.0 Å². The van der Waals surface area contributed by atoms with Crippen molar-refractivity contribution in [2.24, 2.45) is 0 Å². The lowest BCUT2D eigenvalue weighted by Crippen LogP contribution is -2.16. The van der Waals surface area contributed by atoms with E-state index in [2.05, 4.69) is 57.3 Å². The van der Waals surface area contributed by atoms with E-state index in [1.807, 2.05) is 43.3 Å². The number of nitrogens with zero attached hydrogens (tertiary/aromatic N) is 4. The summed E-state index contributed by atoms with van der Waals surface area (Å²) in [7, 11) is -1.02. The minimum Gasteiger partial charge on any atom is -0.481 e. The van der Waals surface area contributed by atoms with Gasteiger partial charge in [0.2, 0.25) is 17.6 Å². The van der Waals surface area contributed by atoms with E-state index in [-0.39, 0.29) is 41.2 Å². The van der Waals surface area contributed by atoms with E-state index in [0.717, 1.165) is 11.1 Å². The molecule has 0 fully saturated rings. The van der Waals surface area contributed by atoms with E-state index in [4.69, 9.17) is 18.9 Å². The number of anilines is 1. The third kappa shape index (κ3) is 8.11. The van der Waals surface area contributed by atoms with Gasteiger partial charge in [0.15, 0.2) is 19.0 Å². The fourth-order valence-electron chi connectivity index (χ4n) is 3.82. The van der Waals surface area contributed by atoms with Crippen molar-refractivity contribution in [1.29, 1.82) is 0 Å². The summed E-state index contributed by atoms with van der Waals surface area (Å²) in [6, 6.07) is 15.9. The highest BCUT2D eigenvalue weighted by Gasteiger charge is 2.22. The molecule has 0 spiro atoms. The second-order valence-electron chi connectivity index (χ2n) is 10.3. The Morgan fingerprint density at radius 2 is 1.44 bits per heavy atom. The van der Waals surface area contributed by atoms with Crippen LogP contribution in [0.3, 0.4) is 0 Å². The summed E-state index contributed by atoms with van der Waals surface area (Å²) in [5.74, 6) is 6.49. The molecule has 0 atom stereocenters. The fourth-order valence-corrected chi connectivity index (χ4v) is 4.84. The first-order chi connectivity index (χ1) is 20.5. The molecule has 11 nitrogen and oxygen atoms in total. The van der Waals surface area contributed by atoms with Gasteiger partial charge in [0.1, 0.15) is 6.33 Å². The zero-order chi connectivity index (χ0) is 31.0. The van der Waals surface area contributed by atoms with E-state index >= 15 is 0 Å². The number of aromatic nitrogens is 4. The maximum Gasteiger partial charge on any atom is 0.324 e. The second kappa shape index (κ2) is 13.4. The van der Waals surface area contributed by atoms with Crippen LogP contribution in [0.1, 0.15) is 31.9 Å². The predicted octanol–water partition coefficient (Wildman–Crippen LogP) is 4.82. The minimum atomic E-state index is -3.97. The molecular formula is C31H33N5O6S. The number of sulfonamides is 1. The van der Waals surface area contributed by atoms with Crippen molar-refractivity contribution in [1.82, 2.24) is 19.9 Å².